The molecule has 1 aliphatic heterocycles. The first-order valence-corrected chi connectivity index (χ1v) is 6.63. The Kier molecular flexibility index (Phi) is 5.11. The lowest BCUT2D eigenvalue weighted by Gasteiger charge is -2.31. The Morgan fingerprint density at radius 2 is 2.40 bits per heavy atom. The van der Waals surface area contributed by atoms with Crippen LogP contribution in [0.5, 0.6) is 0 Å². The number of ether oxygens (including phenoxy) is 1. The van der Waals surface area contributed by atoms with E-state index >= 15 is 0 Å². The summed E-state index contributed by atoms with van der Waals surface area (Å²) in [7, 11) is 0. The van der Waals surface area contributed by atoms with Gasteiger partial charge in [0.2, 0.25) is 5.91 Å². The highest BCUT2D eigenvalue weighted by atomic mass is 35.5. The Hall–Kier alpha value is -1.43. The van der Waals surface area contributed by atoms with E-state index in [1.807, 2.05) is 0 Å². The quantitative estimate of drug-likeness (QED) is 0.865. The predicted molar refractivity (Wildman–Crippen MR) is 73.8 cm³/mol. The number of rotatable bonds is 3. The largest absolute Gasteiger partial charge is 0.394 e. The van der Waals surface area contributed by atoms with Crippen molar-refractivity contribution in [1.29, 1.82) is 0 Å². The Morgan fingerprint density at radius 3 is 3.10 bits per heavy atom. The minimum atomic E-state index is -0.475. The number of hydrogen-bond acceptors (Lipinski definition) is 3. The molecule has 1 aromatic rings. The number of aliphatic hydroxyl groups excluding tert-OH is 1. The van der Waals surface area contributed by atoms with Gasteiger partial charge in [0, 0.05) is 24.7 Å². The van der Waals surface area contributed by atoms with Gasteiger partial charge in [-0.3, -0.25) is 4.79 Å². The number of hydrogen-bond donors (Lipinski definition) is 1. The van der Waals surface area contributed by atoms with Gasteiger partial charge in [0.15, 0.2) is 0 Å². The third kappa shape index (κ3) is 3.56. The van der Waals surface area contributed by atoms with E-state index < -0.39 is 5.82 Å². The second-order valence-electron chi connectivity index (χ2n) is 4.43. The van der Waals surface area contributed by atoms with Crippen LogP contribution in [0.4, 0.5) is 4.39 Å². The van der Waals surface area contributed by atoms with Crippen molar-refractivity contribution < 1.29 is 19.0 Å². The molecule has 1 saturated heterocycles. The summed E-state index contributed by atoms with van der Waals surface area (Å²) in [5, 5.41) is 9.28. The summed E-state index contributed by atoms with van der Waals surface area (Å²) < 4.78 is 18.8. The van der Waals surface area contributed by atoms with Gasteiger partial charge in [0.05, 0.1) is 24.3 Å². The maximum Gasteiger partial charge on any atom is 0.246 e. The van der Waals surface area contributed by atoms with Crippen molar-refractivity contribution in [2.24, 2.45) is 0 Å². The Balaban J connectivity index is 2.05. The van der Waals surface area contributed by atoms with Crippen LogP contribution >= 0.6 is 11.6 Å². The minimum Gasteiger partial charge on any atom is -0.394 e. The molecule has 4 nitrogen and oxygen atoms in total. The van der Waals surface area contributed by atoms with E-state index in [0.717, 1.165) is 0 Å². The van der Waals surface area contributed by atoms with Crippen molar-refractivity contribution in [3.8, 4) is 0 Å². The highest BCUT2D eigenvalue weighted by Gasteiger charge is 2.22. The molecule has 2 rings (SSSR count). The topological polar surface area (TPSA) is 49.8 Å². The third-order valence-corrected chi connectivity index (χ3v) is 3.38. The number of aliphatic hydroxyl groups is 1. The zero-order valence-electron chi connectivity index (χ0n) is 10.8. The van der Waals surface area contributed by atoms with Gasteiger partial charge in [-0.1, -0.05) is 17.7 Å². The van der Waals surface area contributed by atoms with E-state index in [1.165, 1.54) is 24.3 Å². The summed E-state index contributed by atoms with van der Waals surface area (Å²) >= 11 is 5.88. The molecule has 1 aromatic carbocycles. The first-order chi connectivity index (χ1) is 9.61. The SMILES string of the molecule is O=C(/C=C/c1c(F)cccc1Cl)N1CCOC(CO)C1. The highest BCUT2D eigenvalue weighted by Crippen LogP contribution is 2.20. The fourth-order valence-electron chi connectivity index (χ4n) is 1.96. The number of halogens is 2. The Bertz CT molecular complexity index is 501. The summed E-state index contributed by atoms with van der Waals surface area (Å²) in [6.45, 7) is 1.02. The predicted octanol–water partition coefficient (Wildman–Crippen LogP) is 1.71. The summed E-state index contributed by atoms with van der Waals surface area (Å²) in [6.07, 6.45) is 2.28. The molecule has 1 fully saturated rings. The summed E-state index contributed by atoms with van der Waals surface area (Å²) in [6, 6.07) is 4.35. The molecule has 1 unspecified atom stereocenters. The Labute approximate surface area is 121 Å². The lowest BCUT2D eigenvalue weighted by Crippen LogP contribution is -2.46. The molecule has 1 N–H and O–H groups in total. The third-order valence-electron chi connectivity index (χ3n) is 3.05. The fourth-order valence-corrected chi connectivity index (χ4v) is 2.19. The zero-order valence-corrected chi connectivity index (χ0v) is 11.5. The molecule has 1 amide bonds. The number of nitrogens with zero attached hydrogens (tertiary/aromatic N) is 1. The van der Waals surface area contributed by atoms with Crippen LogP contribution in [0.15, 0.2) is 24.3 Å². The molecule has 0 saturated carbocycles. The van der Waals surface area contributed by atoms with Crippen molar-refractivity contribution in [2.45, 2.75) is 6.10 Å². The molecule has 0 radical (unpaired) electrons. The molecule has 6 heteroatoms. The highest BCUT2D eigenvalue weighted by molar-refractivity contribution is 6.32. The first kappa shape index (κ1) is 15.0. The maximum atomic E-state index is 13.5. The summed E-state index contributed by atoms with van der Waals surface area (Å²) in [5.74, 6) is -0.733. The van der Waals surface area contributed by atoms with Crippen LogP contribution < -0.4 is 0 Å². The van der Waals surface area contributed by atoms with Crippen molar-refractivity contribution in [2.75, 3.05) is 26.3 Å². The van der Waals surface area contributed by atoms with Gasteiger partial charge < -0.3 is 14.7 Å². The molecule has 1 heterocycles. The number of carbonyl (C=O) groups is 1. The van der Waals surface area contributed by atoms with E-state index in [0.29, 0.717) is 19.7 Å². The molecule has 108 valence electrons. The van der Waals surface area contributed by atoms with E-state index in [1.54, 1.807) is 11.0 Å². The van der Waals surface area contributed by atoms with Crippen LogP contribution in [-0.4, -0.2) is 48.3 Å². The normalized spacial score (nSPS) is 19.6. The van der Waals surface area contributed by atoms with Crippen molar-refractivity contribution in [3.05, 3.63) is 40.7 Å². The second kappa shape index (κ2) is 6.83. The van der Waals surface area contributed by atoms with E-state index in [-0.39, 0.29) is 29.2 Å². The van der Waals surface area contributed by atoms with Crippen LogP contribution in [-0.2, 0) is 9.53 Å². The maximum absolute atomic E-state index is 13.5. The molecule has 0 aliphatic carbocycles. The van der Waals surface area contributed by atoms with Gasteiger partial charge in [0.1, 0.15) is 5.82 Å². The lowest BCUT2D eigenvalue weighted by atomic mass is 10.2. The first-order valence-electron chi connectivity index (χ1n) is 6.25. The standard InChI is InChI=1S/C14H15ClFNO3/c15-12-2-1-3-13(16)11(12)4-5-14(19)17-6-7-20-10(8-17)9-18/h1-5,10,18H,6-9H2/b5-4+. The number of morpholine rings is 1. The van der Waals surface area contributed by atoms with Gasteiger partial charge in [-0.25, -0.2) is 4.39 Å². The molecular formula is C14H15ClFNO3. The van der Waals surface area contributed by atoms with Gasteiger partial charge in [-0.05, 0) is 18.2 Å². The summed E-state index contributed by atoms with van der Waals surface area (Å²) in [5.41, 5.74) is 0.189. The molecule has 0 spiro atoms. The number of benzene rings is 1. The minimum absolute atomic E-state index is 0.132. The van der Waals surface area contributed by atoms with Crippen LogP contribution in [0.25, 0.3) is 6.08 Å². The zero-order chi connectivity index (χ0) is 14.5. The number of amides is 1. The lowest BCUT2D eigenvalue weighted by molar-refractivity contribution is -0.134. The molecule has 20 heavy (non-hydrogen) atoms. The monoisotopic (exact) mass is 299 g/mol. The van der Waals surface area contributed by atoms with Crippen molar-refractivity contribution in [3.63, 3.8) is 0 Å². The van der Waals surface area contributed by atoms with Crippen LogP contribution in [0.3, 0.4) is 0 Å². The fraction of sp³-hybridized carbons (Fsp3) is 0.357. The molecule has 0 bridgehead atoms. The molecular weight excluding hydrogens is 285 g/mol. The van der Waals surface area contributed by atoms with Gasteiger partial charge in [-0.2, -0.15) is 0 Å². The molecule has 1 aliphatic rings. The molecule has 1 atom stereocenters. The average molecular weight is 300 g/mol. The van der Waals surface area contributed by atoms with Crippen molar-refractivity contribution in [1.82, 2.24) is 4.90 Å². The number of carbonyl (C=O) groups excluding carboxylic acids is 1. The summed E-state index contributed by atoms with van der Waals surface area (Å²) in [4.78, 5) is 13.5. The van der Waals surface area contributed by atoms with Crippen molar-refractivity contribution >= 4 is 23.6 Å². The van der Waals surface area contributed by atoms with E-state index in [9.17, 15) is 9.18 Å². The Morgan fingerprint density at radius 1 is 1.60 bits per heavy atom. The second-order valence-corrected chi connectivity index (χ2v) is 4.84. The average Bonchev–Trinajstić information content (AvgIpc) is 2.46. The smallest absolute Gasteiger partial charge is 0.246 e. The van der Waals surface area contributed by atoms with E-state index in [2.05, 4.69) is 0 Å². The van der Waals surface area contributed by atoms with Crippen LogP contribution in [0.1, 0.15) is 5.56 Å². The van der Waals surface area contributed by atoms with Gasteiger partial charge in [0.25, 0.3) is 0 Å². The molecule has 0 aromatic heterocycles. The van der Waals surface area contributed by atoms with Crippen LogP contribution in [0.2, 0.25) is 5.02 Å². The van der Waals surface area contributed by atoms with Crippen LogP contribution in [0, 0.1) is 5.82 Å². The van der Waals surface area contributed by atoms with Gasteiger partial charge in [-0.15, -0.1) is 0 Å². The van der Waals surface area contributed by atoms with E-state index in [4.69, 9.17) is 21.4 Å². The van der Waals surface area contributed by atoms with Gasteiger partial charge >= 0.3 is 0 Å².